The highest BCUT2D eigenvalue weighted by Crippen LogP contribution is 2.36. The van der Waals surface area contributed by atoms with E-state index in [2.05, 4.69) is 41.8 Å². The van der Waals surface area contributed by atoms with Gasteiger partial charge in [0.15, 0.2) is 0 Å². The number of thiophene rings is 1. The molecule has 102 valence electrons. The van der Waals surface area contributed by atoms with Gasteiger partial charge < -0.3 is 4.74 Å². The zero-order chi connectivity index (χ0) is 14.3. The minimum Gasteiger partial charge on any atom is -0.437 e. The molecule has 20 heavy (non-hydrogen) atoms. The predicted molar refractivity (Wildman–Crippen MR) is 89.1 cm³/mol. The van der Waals surface area contributed by atoms with E-state index in [1.54, 1.807) is 11.3 Å². The first-order chi connectivity index (χ1) is 9.52. The minimum absolute atomic E-state index is 0.183. The van der Waals surface area contributed by atoms with E-state index in [-0.39, 0.29) is 5.28 Å². The normalized spacial score (nSPS) is 11.0. The van der Waals surface area contributed by atoms with Crippen molar-refractivity contribution in [2.45, 2.75) is 6.92 Å². The monoisotopic (exact) mass is 432 g/mol. The van der Waals surface area contributed by atoms with Gasteiger partial charge in [-0.15, -0.1) is 11.3 Å². The van der Waals surface area contributed by atoms with Gasteiger partial charge in [0.25, 0.3) is 0 Å². The lowest BCUT2D eigenvalue weighted by molar-refractivity contribution is 0.465. The number of rotatable bonds is 2. The number of hydrogen-bond acceptors (Lipinski definition) is 4. The molecule has 7 heteroatoms. The van der Waals surface area contributed by atoms with E-state index in [1.165, 1.54) is 0 Å². The van der Waals surface area contributed by atoms with E-state index in [0.717, 1.165) is 24.0 Å². The van der Waals surface area contributed by atoms with Gasteiger partial charge in [0.1, 0.15) is 10.6 Å². The van der Waals surface area contributed by atoms with Gasteiger partial charge in [-0.05, 0) is 58.7 Å². The molecule has 0 bridgehead atoms. The van der Waals surface area contributed by atoms with Gasteiger partial charge in [-0.2, -0.15) is 4.98 Å². The third-order valence-electron chi connectivity index (χ3n) is 2.55. The van der Waals surface area contributed by atoms with Gasteiger partial charge in [0, 0.05) is 9.35 Å². The van der Waals surface area contributed by atoms with Crippen molar-refractivity contribution in [2.24, 2.45) is 0 Å². The maximum atomic E-state index is 5.95. The van der Waals surface area contributed by atoms with Gasteiger partial charge in [-0.25, -0.2) is 4.98 Å². The van der Waals surface area contributed by atoms with Gasteiger partial charge in [0.05, 0.1) is 9.86 Å². The molecule has 0 atom stereocenters. The van der Waals surface area contributed by atoms with Crippen LogP contribution in [0.1, 0.15) is 4.88 Å². The van der Waals surface area contributed by atoms with Crippen LogP contribution in [0.4, 0.5) is 0 Å². The van der Waals surface area contributed by atoms with Gasteiger partial charge in [0.2, 0.25) is 11.2 Å². The summed E-state index contributed by atoms with van der Waals surface area (Å²) in [5.41, 5.74) is 0. The fourth-order valence-corrected chi connectivity index (χ4v) is 3.94. The van der Waals surface area contributed by atoms with Crippen LogP contribution in [0.2, 0.25) is 5.28 Å². The van der Waals surface area contributed by atoms with Crippen LogP contribution in [-0.2, 0) is 0 Å². The molecule has 0 amide bonds. The van der Waals surface area contributed by atoms with Crippen molar-refractivity contribution in [3.8, 4) is 11.6 Å². The molecule has 0 aliphatic heterocycles. The fourth-order valence-electron chi connectivity index (χ4n) is 1.73. The van der Waals surface area contributed by atoms with Crippen LogP contribution in [0.5, 0.6) is 11.6 Å². The van der Waals surface area contributed by atoms with E-state index < -0.39 is 0 Å². The molecule has 0 N–H and O–H groups in total. The second-order valence-corrected chi connectivity index (χ2v) is 7.39. The minimum atomic E-state index is 0.183. The summed E-state index contributed by atoms with van der Waals surface area (Å²) in [5.74, 6) is 1.14. The first-order valence-electron chi connectivity index (χ1n) is 5.59. The van der Waals surface area contributed by atoms with Crippen molar-refractivity contribution in [3.63, 3.8) is 0 Å². The standard InChI is InChI=1S/C13H7Br2ClN2OS/c1-6-4-8-11(17-13(16)18-12(8)20-6)19-10-3-2-7(14)5-9(10)15/h2-5H,1H3. The summed E-state index contributed by atoms with van der Waals surface area (Å²) < 4.78 is 7.68. The number of nitrogens with zero attached hydrogens (tertiary/aromatic N) is 2. The van der Waals surface area contributed by atoms with Crippen molar-refractivity contribution in [1.29, 1.82) is 0 Å². The van der Waals surface area contributed by atoms with Crippen LogP contribution in [-0.4, -0.2) is 9.97 Å². The molecule has 3 nitrogen and oxygen atoms in total. The van der Waals surface area contributed by atoms with Crippen molar-refractivity contribution < 1.29 is 4.74 Å². The number of aryl methyl sites for hydroxylation is 1. The molecular formula is C13H7Br2ClN2OS. The summed E-state index contributed by atoms with van der Waals surface area (Å²) in [5, 5.41) is 1.05. The van der Waals surface area contributed by atoms with E-state index in [1.807, 2.05) is 31.2 Å². The van der Waals surface area contributed by atoms with Crippen LogP contribution in [0, 0.1) is 6.92 Å². The highest BCUT2D eigenvalue weighted by molar-refractivity contribution is 9.11. The van der Waals surface area contributed by atoms with Crippen LogP contribution in [0.15, 0.2) is 33.2 Å². The molecule has 0 aliphatic carbocycles. The van der Waals surface area contributed by atoms with Crippen LogP contribution >= 0.6 is 54.8 Å². The number of benzene rings is 1. The highest BCUT2D eigenvalue weighted by Gasteiger charge is 2.13. The second-order valence-electron chi connectivity index (χ2n) is 4.05. The Morgan fingerprint density at radius 3 is 2.75 bits per heavy atom. The zero-order valence-electron chi connectivity index (χ0n) is 10.2. The molecule has 0 fully saturated rings. The lowest BCUT2D eigenvalue weighted by Crippen LogP contribution is -1.92. The van der Waals surface area contributed by atoms with Crippen molar-refractivity contribution >= 4 is 65.0 Å². The smallest absolute Gasteiger partial charge is 0.232 e. The Morgan fingerprint density at radius 1 is 1.20 bits per heavy atom. The topological polar surface area (TPSA) is 35.0 Å². The van der Waals surface area contributed by atoms with Gasteiger partial charge in [-0.1, -0.05) is 15.9 Å². The average Bonchev–Trinajstić information content (AvgIpc) is 2.73. The fraction of sp³-hybridized carbons (Fsp3) is 0.0769. The molecule has 1 aromatic carbocycles. The summed E-state index contributed by atoms with van der Waals surface area (Å²) in [6, 6.07) is 7.67. The van der Waals surface area contributed by atoms with E-state index in [0.29, 0.717) is 11.6 Å². The number of fused-ring (bicyclic) bond motifs is 1. The van der Waals surface area contributed by atoms with E-state index in [9.17, 15) is 0 Å². The predicted octanol–water partition coefficient (Wildman–Crippen LogP) is 5.97. The van der Waals surface area contributed by atoms with Gasteiger partial charge >= 0.3 is 0 Å². The van der Waals surface area contributed by atoms with Gasteiger partial charge in [-0.3, -0.25) is 0 Å². The lowest BCUT2D eigenvalue weighted by Gasteiger charge is -2.08. The summed E-state index contributed by atoms with van der Waals surface area (Å²) in [6.07, 6.45) is 0. The first-order valence-corrected chi connectivity index (χ1v) is 8.37. The molecule has 3 rings (SSSR count). The Bertz CT molecular complexity index is 806. The van der Waals surface area contributed by atoms with E-state index in [4.69, 9.17) is 16.3 Å². The quantitative estimate of drug-likeness (QED) is 0.466. The Balaban J connectivity index is 2.10. The first kappa shape index (κ1) is 14.3. The third kappa shape index (κ3) is 2.83. The molecule has 0 saturated carbocycles. The lowest BCUT2D eigenvalue weighted by atomic mass is 10.3. The van der Waals surface area contributed by atoms with Crippen LogP contribution < -0.4 is 4.74 Å². The van der Waals surface area contributed by atoms with Crippen molar-refractivity contribution in [3.05, 3.63) is 43.4 Å². The van der Waals surface area contributed by atoms with Crippen molar-refractivity contribution in [2.75, 3.05) is 0 Å². The summed E-state index contributed by atoms with van der Waals surface area (Å²) in [4.78, 5) is 10.3. The Morgan fingerprint density at radius 2 is 2.00 bits per heavy atom. The average molecular weight is 435 g/mol. The van der Waals surface area contributed by atoms with Crippen molar-refractivity contribution in [1.82, 2.24) is 9.97 Å². The Kier molecular flexibility index (Phi) is 3.99. The number of ether oxygens (including phenoxy) is 1. The van der Waals surface area contributed by atoms with Crippen LogP contribution in [0.25, 0.3) is 10.2 Å². The second kappa shape index (κ2) is 5.60. The molecule has 0 saturated heterocycles. The summed E-state index contributed by atoms with van der Waals surface area (Å²) in [6.45, 7) is 2.01. The third-order valence-corrected chi connectivity index (χ3v) is 4.78. The maximum absolute atomic E-state index is 5.95. The number of halogens is 3. The maximum Gasteiger partial charge on any atom is 0.232 e. The summed E-state index contributed by atoms with van der Waals surface area (Å²) in [7, 11) is 0. The summed E-state index contributed by atoms with van der Waals surface area (Å²) >= 11 is 14.4. The number of hydrogen-bond donors (Lipinski definition) is 0. The molecule has 2 heterocycles. The Hall–Kier alpha value is -0.690. The van der Waals surface area contributed by atoms with Crippen LogP contribution in [0.3, 0.4) is 0 Å². The zero-order valence-corrected chi connectivity index (χ0v) is 14.9. The largest absolute Gasteiger partial charge is 0.437 e. The molecule has 2 aromatic heterocycles. The molecule has 0 aliphatic rings. The van der Waals surface area contributed by atoms with E-state index >= 15 is 0 Å². The number of aromatic nitrogens is 2. The Labute approximate surface area is 141 Å². The molecule has 0 radical (unpaired) electrons. The highest BCUT2D eigenvalue weighted by atomic mass is 79.9. The molecule has 0 unspecified atom stereocenters. The molecular weight excluding hydrogens is 427 g/mol. The molecule has 0 spiro atoms. The molecule has 3 aromatic rings. The SMILES string of the molecule is Cc1cc2c(Oc3ccc(Br)cc3Br)nc(Cl)nc2s1.